The second kappa shape index (κ2) is 7.68. The smallest absolute Gasteiger partial charge is 0.256 e. The van der Waals surface area contributed by atoms with Crippen molar-refractivity contribution in [3.8, 4) is 0 Å². The maximum atomic E-state index is 13.1. The second-order valence-corrected chi connectivity index (χ2v) is 6.97. The molecule has 0 aliphatic carbocycles. The van der Waals surface area contributed by atoms with E-state index in [2.05, 4.69) is 15.2 Å². The minimum atomic E-state index is -0.518. The van der Waals surface area contributed by atoms with Gasteiger partial charge >= 0.3 is 0 Å². The molecule has 0 bridgehead atoms. The lowest BCUT2D eigenvalue weighted by Gasteiger charge is -2.30. The lowest BCUT2D eigenvalue weighted by atomic mass is 10.1. The Morgan fingerprint density at radius 1 is 1.00 bits per heavy atom. The van der Waals surface area contributed by atoms with Gasteiger partial charge in [0.25, 0.3) is 5.91 Å². The van der Waals surface area contributed by atoms with Crippen LogP contribution in [0.2, 0.25) is 0 Å². The quantitative estimate of drug-likeness (QED) is 0.731. The molecule has 1 saturated heterocycles. The number of amides is 2. The maximum absolute atomic E-state index is 13.1. The van der Waals surface area contributed by atoms with Crippen molar-refractivity contribution < 1.29 is 9.59 Å². The van der Waals surface area contributed by atoms with Gasteiger partial charge in [-0.05, 0) is 55.7 Å². The SMILES string of the molecule is NC(=O)c1ccc(N2CCCCC2)c(NC(=O)c2cccc3ncccc23)c1. The lowest BCUT2D eigenvalue weighted by molar-refractivity contribution is 0.0996. The fourth-order valence-electron chi connectivity index (χ4n) is 3.69. The van der Waals surface area contributed by atoms with E-state index in [1.165, 1.54) is 6.42 Å². The molecule has 28 heavy (non-hydrogen) atoms. The molecular formula is C22H22N4O2. The van der Waals surface area contributed by atoms with Gasteiger partial charge in [-0.1, -0.05) is 12.1 Å². The molecule has 0 spiro atoms. The Labute approximate surface area is 163 Å². The summed E-state index contributed by atoms with van der Waals surface area (Å²) in [5.74, 6) is -0.756. The number of rotatable bonds is 4. The van der Waals surface area contributed by atoms with Gasteiger partial charge in [0.15, 0.2) is 0 Å². The molecule has 2 heterocycles. The number of nitrogens with one attached hydrogen (secondary N) is 1. The Morgan fingerprint density at radius 2 is 1.82 bits per heavy atom. The summed E-state index contributed by atoms with van der Waals surface area (Å²) in [6, 6.07) is 14.4. The number of benzene rings is 2. The number of hydrogen-bond acceptors (Lipinski definition) is 4. The minimum absolute atomic E-state index is 0.238. The number of fused-ring (bicyclic) bond motifs is 1. The molecule has 1 aliphatic rings. The first-order valence-electron chi connectivity index (χ1n) is 9.47. The van der Waals surface area contributed by atoms with Gasteiger partial charge in [0.2, 0.25) is 5.91 Å². The van der Waals surface area contributed by atoms with E-state index < -0.39 is 5.91 Å². The summed E-state index contributed by atoms with van der Waals surface area (Å²) in [6.07, 6.45) is 5.13. The number of pyridine rings is 1. The van der Waals surface area contributed by atoms with E-state index in [9.17, 15) is 9.59 Å². The van der Waals surface area contributed by atoms with Gasteiger partial charge < -0.3 is 16.0 Å². The predicted octanol–water partition coefficient (Wildman–Crippen LogP) is 3.58. The molecule has 3 N–H and O–H groups in total. The number of anilines is 2. The van der Waals surface area contributed by atoms with Gasteiger partial charge in [0.05, 0.1) is 16.9 Å². The highest BCUT2D eigenvalue weighted by Crippen LogP contribution is 2.30. The summed E-state index contributed by atoms with van der Waals surface area (Å²) in [5, 5.41) is 3.78. The topological polar surface area (TPSA) is 88.3 Å². The maximum Gasteiger partial charge on any atom is 0.256 e. The summed E-state index contributed by atoms with van der Waals surface area (Å²) >= 11 is 0. The molecule has 142 valence electrons. The van der Waals surface area contributed by atoms with Crippen LogP contribution in [0.25, 0.3) is 10.9 Å². The zero-order valence-corrected chi connectivity index (χ0v) is 15.5. The molecule has 2 aromatic carbocycles. The summed E-state index contributed by atoms with van der Waals surface area (Å²) in [4.78, 5) is 31.3. The first kappa shape index (κ1) is 18.0. The van der Waals surface area contributed by atoms with Crippen molar-refractivity contribution in [2.75, 3.05) is 23.3 Å². The number of carbonyl (C=O) groups excluding carboxylic acids is 2. The highest BCUT2D eigenvalue weighted by atomic mass is 16.2. The molecule has 0 unspecified atom stereocenters. The summed E-state index contributed by atoms with van der Waals surface area (Å²) in [5.41, 5.74) is 8.64. The number of aromatic nitrogens is 1. The third-order valence-electron chi connectivity index (χ3n) is 5.12. The van der Waals surface area contributed by atoms with E-state index in [4.69, 9.17) is 5.73 Å². The van der Waals surface area contributed by atoms with Crippen molar-refractivity contribution in [3.63, 3.8) is 0 Å². The van der Waals surface area contributed by atoms with Crippen LogP contribution in [0.1, 0.15) is 40.0 Å². The van der Waals surface area contributed by atoms with Crippen molar-refractivity contribution >= 4 is 34.1 Å². The molecule has 3 aromatic rings. The molecule has 0 saturated carbocycles. The van der Waals surface area contributed by atoms with Gasteiger partial charge in [-0.15, -0.1) is 0 Å². The standard InChI is InChI=1S/C22H22N4O2/c23-21(27)15-9-10-20(26-12-2-1-3-13-26)19(14-15)25-22(28)17-6-4-8-18-16(17)7-5-11-24-18/h4-11,14H,1-3,12-13H2,(H2,23,27)(H,25,28). The number of hydrogen-bond donors (Lipinski definition) is 2. The Bertz CT molecular complexity index is 1040. The van der Waals surface area contributed by atoms with Crippen molar-refractivity contribution in [3.05, 3.63) is 65.9 Å². The van der Waals surface area contributed by atoms with Crippen LogP contribution >= 0.6 is 0 Å². The molecule has 2 amide bonds. The fraction of sp³-hybridized carbons (Fsp3) is 0.227. The average Bonchev–Trinajstić information content (AvgIpc) is 2.73. The van der Waals surface area contributed by atoms with E-state index in [1.807, 2.05) is 30.3 Å². The molecule has 0 atom stereocenters. The van der Waals surface area contributed by atoms with Crippen molar-refractivity contribution in [1.29, 1.82) is 0 Å². The molecule has 6 heteroatoms. The Balaban J connectivity index is 1.71. The average molecular weight is 374 g/mol. The molecule has 1 aromatic heterocycles. The normalized spacial score (nSPS) is 14.1. The zero-order valence-electron chi connectivity index (χ0n) is 15.5. The minimum Gasteiger partial charge on any atom is -0.370 e. The number of piperidine rings is 1. The van der Waals surface area contributed by atoms with Crippen LogP contribution in [0.4, 0.5) is 11.4 Å². The predicted molar refractivity (Wildman–Crippen MR) is 111 cm³/mol. The monoisotopic (exact) mass is 374 g/mol. The molecule has 4 rings (SSSR count). The zero-order chi connectivity index (χ0) is 19.5. The molecule has 0 radical (unpaired) electrons. The van der Waals surface area contributed by atoms with Crippen LogP contribution in [0, 0.1) is 0 Å². The highest BCUT2D eigenvalue weighted by molar-refractivity contribution is 6.13. The number of primary amides is 1. The van der Waals surface area contributed by atoms with Crippen LogP contribution in [0.15, 0.2) is 54.7 Å². The molecule has 1 aliphatic heterocycles. The van der Waals surface area contributed by atoms with Gasteiger partial charge in [0.1, 0.15) is 0 Å². The van der Waals surface area contributed by atoms with Gasteiger partial charge in [-0.2, -0.15) is 0 Å². The van der Waals surface area contributed by atoms with Crippen LogP contribution in [-0.2, 0) is 0 Å². The second-order valence-electron chi connectivity index (χ2n) is 6.97. The molecular weight excluding hydrogens is 352 g/mol. The van der Waals surface area contributed by atoms with Crippen molar-refractivity contribution in [1.82, 2.24) is 4.98 Å². The third-order valence-corrected chi connectivity index (χ3v) is 5.12. The van der Waals surface area contributed by atoms with Crippen molar-refractivity contribution in [2.45, 2.75) is 19.3 Å². The van der Waals surface area contributed by atoms with E-state index >= 15 is 0 Å². The first-order valence-corrected chi connectivity index (χ1v) is 9.47. The molecule has 1 fully saturated rings. The molecule has 6 nitrogen and oxygen atoms in total. The van der Waals surface area contributed by atoms with Gasteiger partial charge in [-0.3, -0.25) is 14.6 Å². The van der Waals surface area contributed by atoms with Crippen LogP contribution in [0.3, 0.4) is 0 Å². The summed E-state index contributed by atoms with van der Waals surface area (Å²) in [7, 11) is 0. The van der Waals surface area contributed by atoms with E-state index in [-0.39, 0.29) is 5.91 Å². The Hall–Kier alpha value is -3.41. The number of nitrogens with zero attached hydrogens (tertiary/aromatic N) is 2. The Morgan fingerprint density at radius 3 is 2.61 bits per heavy atom. The van der Waals surface area contributed by atoms with E-state index in [0.29, 0.717) is 16.8 Å². The van der Waals surface area contributed by atoms with Crippen LogP contribution < -0.4 is 16.0 Å². The van der Waals surface area contributed by atoms with Crippen LogP contribution in [-0.4, -0.2) is 29.9 Å². The Kier molecular flexibility index (Phi) is 4.93. The number of nitrogens with two attached hydrogens (primary N) is 1. The van der Waals surface area contributed by atoms with Gasteiger partial charge in [-0.25, -0.2) is 0 Å². The third kappa shape index (κ3) is 3.53. The van der Waals surface area contributed by atoms with Crippen LogP contribution in [0.5, 0.6) is 0 Å². The first-order chi connectivity index (χ1) is 13.6. The summed E-state index contributed by atoms with van der Waals surface area (Å²) < 4.78 is 0. The van der Waals surface area contributed by atoms with Crippen molar-refractivity contribution in [2.24, 2.45) is 5.73 Å². The fourth-order valence-corrected chi connectivity index (χ4v) is 3.69. The van der Waals surface area contributed by atoms with Gasteiger partial charge in [0, 0.05) is 35.8 Å². The lowest BCUT2D eigenvalue weighted by Crippen LogP contribution is -2.30. The van der Waals surface area contributed by atoms with E-state index in [1.54, 1.807) is 24.4 Å². The number of carbonyl (C=O) groups is 2. The summed E-state index contributed by atoms with van der Waals surface area (Å²) in [6.45, 7) is 1.86. The van der Waals surface area contributed by atoms with E-state index in [0.717, 1.165) is 42.5 Å². The largest absolute Gasteiger partial charge is 0.370 e. The highest BCUT2D eigenvalue weighted by Gasteiger charge is 2.19.